The third kappa shape index (κ3) is 2.12. The van der Waals surface area contributed by atoms with E-state index in [0.717, 1.165) is 6.20 Å². The van der Waals surface area contributed by atoms with Crippen LogP contribution in [0.15, 0.2) is 17.1 Å². The van der Waals surface area contributed by atoms with Gasteiger partial charge in [-0.15, -0.1) is 0 Å². The van der Waals surface area contributed by atoms with Crippen molar-refractivity contribution in [3.05, 3.63) is 38.2 Å². The number of nitro groups is 1. The van der Waals surface area contributed by atoms with Crippen molar-refractivity contribution in [1.82, 2.24) is 4.57 Å². The largest absolute Gasteiger partial charge is 0.493 e. The van der Waals surface area contributed by atoms with Gasteiger partial charge in [0.2, 0.25) is 11.2 Å². The molecule has 0 saturated carbocycles. The first-order valence-electron chi connectivity index (χ1n) is 5.99. The van der Waals surface area contributed by atoms with Crippen LogP contribution in [0.25, 0.3) is 10.9 Å². The normalized spacial score (nSPS) is 10.5. The lowest BCUT2D eigenvalue weighted by molar-refractivity contribution is -0.384. The van der Waals surface area contributed by atoms with Crippen molar-refractivity contribution < 1.29 is 24.3 Å². The summed E-state index contributed by atoms with van der Waals surface area (Å²) in [6.07, 6.45) is 1.10. The van der Waals surface area contributed by atoms with Crippen LogP contribution in [0.5, 0.6) is 11.5 Å². The number of aryl methyl sites for hydroxylation is 1. The van der Waals surface area contributed by atoms with Crippen LogP contribution < -0.4 is 14.9 Å². The van der Waals surface area contributed by atoms with Crippen molar-refractivity contribution in [3.8, 4) is 11.5 Å². The van der Waals surface area contributed by atoms with Crippen LogP contribution in [0.2, 0.25) is 0 Å². The molecule has 0 unspecified atom stereocenters. The van der Waals surface area contributed by atoms with E-state index in [1.807, 2.05) is 0 Å². The fourth-order valence-electron chi connectivity index (χ4n) is 2.25. The minimum Gasteiger partial charge on any atom is -0.493 e. The molecule has 0 saturated heterocycles. The molecule has 2 aromatic rings. The van der Waals surface area contributed by atoms with Gasteiger partial charge in [0.1, 0.15) is 10.9 Å². The number of ether oxygens (including phenoxy) is 2. The van der Waals surface area contributed by atoms with E-state index in [4.69, 9.17) is 14.6 Å². The van der Waals surface area contributed by atoms with Crippen molar-refractivity contribution in [3.63, 3.8) is 0 Å². The molecular formula is C13H12N2O7. The maximum Gasteiger partial charge on any atom is 0.341 e. The minimum absolute atomic E-state index is 0.0692. The van der Waals surface area contributed by atoms with Gasteiger partial charge in [0, 0.05) is 19.3 Å². The predicted octanol–water partition coefficient (Wildman–Crippen LogP) is 1.16. The summed E-state index contributed by atoms with van der Waals surface area (Å²) < 4.78 is 11.3. The molecule has 0 amide bonds. The van der Waals surface area contributed by atoms with Crippen molar-refractivity contribution in [2.75, 3.05) is 14.2 Å². The van der Waals surface area contributed by atoms with Crippen molar-refractivity contribution in [1.29, 1.82) is 0 Å². The predicted molar refractivity (Wildman–Crippen MR) is 75.9 cm³/mol. The molecule has 116 valence electrons. The number of hydrogen-bond donors (Lipinski definition) is 1. The van der Waals surface area contributed by atoms with Crippen molar-refractivity contribution in [2.45, 2.75) is 0 Å². The molecule has 1 heterocycles. The summed E-state index contributed by atoms with van der Waals surface area (Å²) in [5, 5.41) is 20.1. The number of aromatic carboxylic acids is 1. The summed E-state index contributed by atoms with van der Waals surface area (Å²) in [5.74, 6) is -1.63. The molecule has 1 aromatic heterocycles. The number of nitro benzene ring substituents is 1. The van der Waals surface area contributed by atoms with Gasteiger partial charge < -0.3 is 19.1 Å². The van der Waals surface area contributed by atoms with Crippen LogP contribution in [0.1, 0.15) is 10.4 Å². The van der Waals surface area contributed by atoms with Crippen LogP contribution in [0.3, 0.4) is 0 Å². The summed E-state index contributed by atoms with van der Waals surface area (Å²) >= 11 is 0. The second-order valence-corrected chi connectivity index (χ2v) is 4.40. The molecule has 0 aliphatic heterocycles. The maximum absolute atomic E-state index is 12.3. The lowest BCUT2D eigenvalue weighted by Crippen LogP contribution is -2.19. The number of carbonyl (C=O) groups is 1. The summed E-state index contributed by atoms with van der Waals surface area (Å²) in [6.45, 7) is 0. The van der Waals surface area contributed by atoms with Gasteiger partial charge in [0.05, 0.1) is 24.7 Å². The Morgan fingerprint density at radius 1 is 1.36 bits per heavy atom. The zero-order valence-electron chi connectivity index (χ0n) is 11.9. The minimum atomic E-state index is -1.47. The fourth-order valence-corrected chi connectivity index (χ4v) is 2.25. The van der Waals surface area contributed by atoms with Crippen LogP contribution >= 0.6 is 0 Å². The molecule has 0 radical (unpaired) electrons. The molecular weight excluding hydrogens is 296 g/mol. The Bertz CT molecular complexity index is 854. The Morgan fingerprint density at radius 2 is 2.00 bits per heavy atom. The van der Waals surface area contributed by atoms with Crippen LogP contribution in [0.4, 0.5) is 5.69 Å². The molecule has 22 heavy (non-hydrogen) atoms. The molecule has 0 spiro atoms. The third-order valence-corrected chi connectivity index (χ3v) is 3.21. The highest BCUT2D eigenvalue weighted by Crippen LogP contribution is 2.41. The summed E-state index contributed by atoms with van der Waals surface area (Å²) in [6, 6.07) is 1.38. The zero-order chi connectivity index (χ0) is 16.6. The van der Waals surface area contributed by atoms with E-state index in [-0.39, 0.29) is 22.4 Å². The Labute approximate surface area is 123 Å². The Morgan fingerprint density at radius 3 is 2.45 bits per heavy atom. The quantitative estimate of drug-likeness (QED) is 0.664. The lowest BCUT2D eigenvalue weighted by atomic mass is 10.1. The fraction of sp³-hybridized carbons (Fsp3) is 0.231. The molecule has 1 aromatic carbocycles. The van der Waals surface area contributed by atoms with E-state index in [1.165, 1.54) is 31.9 Å². The number of benzene rings is 1. The molecule has 0 atom stereocenters. The van der Waals surface area contributed by atoms with E-state index >= 15 is 0 Å². The molecule has 2 rings (SSSR count). The molecule has 0 bridgehead atoms. The van der Waals surface area contributed by atoms with Crippen molar-refractivity contribution in [2.24, 2.45) is 7.05 Å². The average Bonchev–Trinajstić information content (AvgIpc) is 2.47. The topological polar surface area (TPSA) is 121 Å². The SMILES string of the molecule is COc1cc2c(c([N+](=O)[O-])c1OC)c(=O)c(C(=O)O)cn2C. The van der Waals surface area contributed by atoms with Gasteiger partial charge in [0.15, 0.2) is 5.75 Å². The first-order valence-corrected chi connectivity index (χ1v) is 5.99. The number of fused-ring (bicyclic) bond motifs is 1. The van der Waals surface area contributed by atoms with Gasteiger partial charge in [-0.05, 0) is 0 Å². The van der Waals surface area contributed by atoms with Crippen LogP contribution in [0, 0.1) is 10.1 Å². The van der Waals surface area contributed by atoms with Gasteiger partial charge in [-0.25, -0.2) is 4.79 Å². The van der Waals surface area contributed by atoms with Gasteiger partial charge in [0.25, 0.3) is 0 Å². The van der Waals surface area contributed by atoms with Gasteiger partial charge >= 0.3 is 11.7 Å². The number of hydrogen-bond acceptors (Lipinski definition) is 6. The molecule has 0 aliphatic rings. The van der Waals surface area contributed by atoms with E-state index in [2.05, 4.69) is 0 Å². The number of pyridine rings is 1. The number of nitrogens with zero attached hydrogens (tertiary/aromatic N) is 2. The van der Waals surface area contributed by atoms with Crippen LogP contribution in [-0.2, 0) is 7.05 Å². The second-order valence-electron chi connectivity index (χ2n) is 4.40. The number of aromatic nitrogens is 1. The molecule has 9 heteroatoms. The number of carboxylic acid groups (broad SMARTS) is 1. The van der Waals surface area contributed by atoms with Crippen LogP contribution in [-0.4, -0.2) is 34.8 Å². The molecule has 0 aliphatic carbocycles. The van der Waals surface area contributed by atoms with Gasteiger partial charge in [-0.1, -0.05) is 0 Å². The molecule has 0 fully saturated rings. The first kappa shape index (κ1) is 15.3. The average molecular weight is 308 g/mol. The number of methoxy groups -OCH3 is 2. The number of carboxylic acids is 1. The maximum atomic E-state index is 12.3. The summed E-state index contributed by atoms with van der Waals surface area (Å²) in [4.78, 5) is 34.0. The summed E-state index contributed by atoms with van der Waals surface area (Å²) in [5.41, 5.74) is -1.97. The monoisotopic (exact) mass is 308 g/mol. The van der Waals surface area contributed by atoms with Crippen molar-refractivity contribution >= 4 is 22.6 Å². The highest BCUT2D eigenvalue weighted by Gasteiger charge is 2.29. The Balaban J connectivity index is 3.16. The molecule has 1 N–H and O–H groups in total. The smallest absolute Gasteiger partial charge is 0.341 e. The second kappa shape index (κ2) is 5.35. The van der Waals surface area contributed by atoms with E-state index in [1.54, 1.807) is 0 Å². The van der Waals surface area contributed by atoms with E-state index in [9.17, 15) is 19.7 Å². The lowest BCUT2D eigenvalue weighted by Gasteiger charge is -2.13. The molecule has 9 nitrogen and oxygen atoms in total. The first-order chi connectivity index (χ1) is 10.3. The third-order valence-electron chi connectivity index (χ3n) is 3.21. The standard InChI is InChI=1S/C13H12N2O7/c1-14-5-6(13(17)18)11(16)9-7(14)4-8(21-2)12(22-3)10(9)15(19)20/h4-5H,1-3H3,(H,17,18). The highest BCUT2D eigenvalue weighted by atomic mass is 16.6. The zero-order valence-corrected chi connectivity index (χ0v) is 11.9. The Hall–Kier alpha value is -3.10. The summed E-state index contributed by atoms with van der Waals surface area (Å²) in [7, 11) is 3.98. The van der Waals surface area contributed by atoms with Gasteiger partial charge in [-0.3, -0.25) is 14.9 Å². The Kier molecular flexibility index (Phi) is 3.72. The van der Waals surface area contributed by atoms with E-state index < -0.39 is 27.6 Å². The van der Waals surface area contributed by atoms with E-state index in [0.29, 0.717) is 0 Å². The van der Waals surface area contributed by atoms with Gasteiger partial charge in [-0.2, -0.15) is 0 Å². The number of rotatable bonds is 4. The highest BCUT2D eigenvalue weighted by molar-refractivity contribution is 5.98.